The van der Waals surface area contributed by atoms with Gasteiger partial charge in [-0.1, -0.05) is 11.3 Å². The van der Waals surface area contributed by atoms with Crippen LogP contribution in [0.2, 0.25) is 0 Å². The van der Waals surface area contributed by atoms with Gasteiger partial charge in [-0.05, 0) is 26.3 Å². The van der Waals surface area contributed by atoms with Gasteiger partial charge in [-0.25, -0.2) is 0 Å². The first-order valence-corrected chi connectivity index (χ1v) is 7.03. The van der Waals surface area contributed by atoms with E-state index < -0.39 is 0 Å². The van der Waals surface area contributed by atoms with Crippen molar-refractivity contribution in [2.24, 2.45) is 0 Å². The number of nitrogens with zero attached hydrogens (tertiary/aromatic N) is 4. The number of nitrogens with one attached hydrogen (secondary N) is 1. The quantitative estimate of drug-likeness (QED) is 0.905. The zero-order chi connectivity index (χ0) is 12.5. The summed E-state index contributed by atoms with van der Waals surface area (Å²) in [6.07, 6.45) is 2.29. The van der Waals surface area contributed by atoms with Gasteiger partial charge in [0.05, 0.1) is 0 Å². The highest BCUT2D eigenvalue weighted by Gasteiger charge is 2.24. The molecular formula is C11H17N5OS. The van der Waals surface area contributed by atoms with Crippen molar-refractivity contribution in [2.45, 2.75) is 38.3 Å². The first-order valence-electron chi connectivity index (χ1n) is 6.21. The Morgan fingerprint density at radius 1 is 1.50 bits per heavy atom. The average molecular weight is 267 g/mol. The van der Waals surface area contributed by atoms with E-state index in [0.717, 1.165) is 30.2 Å². The normalized spacial score (nSPS) is 24.8. The van der Waals surface area contributed by atoms with E-state index in [1.165, 1.54) is 5.01 Å². The van der Waals surface area contributed by atoms with Crippen molar-refractivity contribution in [1.82, 2.24) is 25.1 Å². The number of methoxy groups -OCH3 is 1. The number of aromatic nitrogens is 4. The van der Waals surface area contributed by atoms with Crippen LogP contribution in [0.4, 0.5) is 0 Å². The Hall–Kier alpha value is -1.05. The third-order valence-corrected chi connectivity index (χ3v) is 4.38. The van der Waals surface area contributed by atoms with Crippen LogP contribution < -0.4 is 5.32 Å². The van der Waals surface area contributed by atoms with Crippen molar-refractivity contribution in [2.75, 3.05) is 13.7 Å². The summed E-state index contributed by atoms with van der Waals surface area (Å²) in [6, 6.07) is 0.566. The van der Waals surface area contributed by atoms with E-state index in [1.807, 2.05) is 4.52 Å². The minimum Gasteiger partial charge on any atom is -0.377 e. The summed E-state index contributed by atoms with van der Waals surface area (Å²) >= 11 is 1.65. The third-order valence-electron chi connectivity index (χ3n) is 3.32. The minimum absolute atomic E-state index is 0.451. The lowest BCUT2D eigenvalue weighted by Gasteiger charge is -2.26. The molecule has 0 aliphatic carbocycles. The molecule has 6 nitrogen and oxygen atoms in total. The first kappa shape index (κ1) is 12.0. The highest BCUT2D eigenvalue weighted by molar-refractivity contribution is 7.16. The fourth-order valence-electron chi connectivity index (χ4n) is 2.41. The predicted octanol–water partition coefficient (Wildman–Crippen LogP) is 1.19. The molecule has 2 atom stereocenters. The number of piperidine rings is 1. The van der Waals surface area contributed by atoms with Crippen molar-refractivity contribution in [3.05, 3.63) is 10.8 Å². The van der Waals surface area contributed by atoms with Crippen molar-refractivity contribution in [3.63, 3.8) is 0 Å². The molecule has 18 heavy (non-hydrogen) atoms. The van der Waals surface area contributed by atoms with Crippen molar-refractivity contribution in [3.8, 4) is 0 Å². The highest BCUT2D eigenvalue weighted by Crippen LogP contribution is 2.30. The van der Waals surface area contributed by atoms with Gasteiger partial charge >= 0.3 is 0 Å². The standard InChI is InChI=1S/C11H17N5OS/c1-7-5-8(3-4-12-7)10-15-16-9(6-17-2)13-14-11(16)18-10/h7-8,12H,3-6H2,1-2H3. The summed E-state index contributed by atoms with van der Waals surface area (Å²) in [7, 11) is 1.66. The van der Waals surface area contributed by atoms with E-state index in [-0.39, 0.29) is 0 Å². The second-order valence-corrected chi connectivity index (χ2v) is 5.75. The molecule has 3 heterocycles. The summed E-state index contributed by atoms with van der Waals surface area (Å²) in [6.45, 7) is 3.74. The van der Waals surface area contributed by atoms with Crippen LogP contribution in [0.15, 0.2) is 0 Å². The predicted molar refractivity (Wildman–Crippen MR) is 68.8 cm³/mol. The van der Waals surface area contributed by atoms with Crippen LogP contribution in [0.5, 0.6) is 0 Å². The molecule has 98 valence electrons. The van der Waals surface area contributed by atoms with Crippen molar-refractivity contribution < 1.29 is 4.74 Å². The summed E-state index contributed by atoms with van der Waals surface area (Å²) in [5.74, 6) is 1.32. The monoisotopic (exact) mass is 267 g/mol. The summed E-state index contributed by atoms with van der Waals surface area (Å²) in [5, 5.41) is 17.5. The van der Waals surface area contributed by atoms with Crippen molar-refractivity contribution in [1.29, 1.82) is 0 Å². The second-order valence-electron chi connectivity index (χ2n) is 4.76. The van der Waals surface area contributed by atoms with E-state index >= 15 is 0 Å². The number of hydrogen-bond acceptors (Lipinski definition) is 6. The van der Waals surface area contributed by atoms with E-state index in [0.29, 0.717) is 18.6 Å². The van der Waals surface area contributed by atoms with E-state index in [2.05, 4.69) is 27.5 Å². The van der Waals surface area contributed by atoms with Crippen LogP contribution in [-0.4, -0.2) is 39.5 Å². The molecule has 2 unspecified atom stereocenters. The van der Waals surface area contributed by atoms with Gasteiger partial charge in [0.25, 0.3) is 0 Å². The smallest absolute Gasteiger partial charge is 0.234 e. The van der Waals surface area contributed by atoms with Crippen LogP contribution in [0, 0.1) is 0 Å². The molecule has 2 aromatic rings. The summed E-state index contributed by atoms with van der Waals surface area (Å²) < 4.78 is 6.91. The molecule has 7 heteroatoms. The van der Waals surface area contributed by atoms with Crippen LogP contribution in [0.1, 0.15) is 36.5 Å². The molecule has 1 N–H and O–H groups in total. The number of hydrogen-bond donors (Lipinski definition) is 1. The Kier molecular flexibility index (Phi) is 3.27. The second kappa shape index (κ2) is 4.91. The summed E-state index contributed by atoms with van der Waals surface area (Å²) in [5.41, 5.74) is 0. The SMILES string of the molecule is COCc1nnc2sc(C3CCNC(C)C3)nn12. The zero-order valence-corrected chi connectivity index (χ0v) is 11.4. The maximum absolute atomic E-state index is 5.10. The Balaban J connectivity index is 1.88. The van der Waals surface area contributed by atoms with Crippen molar-refractivity contribution >= 4 is 16.3 Å². The van der Waals surface area contributed by atoms with Crippen LogP contribution in [0.3, 0.4) is 0 Å². The molecule has 3 rings (SSSR count). The molecule has 0 amide bonds. The maximum Gasteiger partial charge on any atom is 0.234 e. The van der Waals surface area contributed by atoms with Crippen LogP contribution in [-0.2, 0) is 11.3 Å². The van der Waals surface area contributed by atoms with Gasteiger partial charge in [-0.3, -0.25) is 0 Å². The largest absolute Gasteiger partial charge is 0.377 e. The molecule has 0 radical (unpaired) electrons. The van der Waals surface area contributed by atoms with Gasteiger partial charge in [0.2, 0.25) is 4.96 Å². The number of fused-ring (bicyclic) bond motifs is 1. The van der Waals surface area contributed by atoms with Gasteiger partial charge < -0.3 is 10.1 Å². The molecule has 0 saturated carbocycles. The molecule has 1 aliphatic heterocycles. The molecule has 0 aromatic carbocycles. The highest BCUT2D eigenvalue weighted by atomic mass is 32.1. The minimum atomic E-state index is 0.451. The lowest BCUT2D eigenvalue weighted by Crippen LogP contribution is -2.34. The van der Waals surface area contributed by atoms with Gasteiger partial charge in [-0.2, -0.15) is 9.61 Å². The van der Waals surface area contributed by atoms with Gasteiger partial charge in [0.1, 0.15) is 11.6 Å². The maximum atomic E-state index is 5.10. The fraction of sp³-hybridized carbons (Fsp3) is 0.727. The molecule has 0 bridgehead atoms. The van der Waals surface area contributed by atoms with Crippen LogP contribution in [0.25, 0.3) is 4.96 Å². The number of rotatable bonds is 3. The Labute approximate surface area is 109 Å². The van der Waals surface area contributed by atoms with E-state index in [9.17, 15) is 0 Å². The lowest BCUT2D eigenvalue weighted by molar-refractivity contribution is 0.176. The first-order chi connectivity index (χ1) is 8.78. The molecule has 0 spiro atoms. The Morgan fingerprint density at radius 2 is 2.39 bits per heavy atom. The number of ether oxygens (including phenoxy) is 1. The lowest BCUT2D eigenvalue weighted by atomic mass is 9.94. The molecule has 2 aromatic heterocycles. The molecule has 1 aliphatic rings. The van der Waals surface area contributed by atoms with Gasteiger partial charge in [0, 0.05) is 19.1 Å². The topological polar surface area (TPSA) is 64.3 Å². The zero-order valence-electron chi connectivity index (χ0n) is 10.6. The Bertz CT molecular complexity index is 537. The van der Waals surface area contributed by atoms with E-state index in [4.69, 9.17) is 4.74 Å². The molecule has 1 fully saturated rings. The van der Waals surface area contributed by atoms with Gasteiger partial charge in [-0.15, -0.1) is 10.2 Å². The average Bonchev–Trinajstić information content (AvgIpc) is 2.92. The van der Waals surface area contributed by atoms with Crippen LogP contribution >= 0.6 is 11.3 Å². The third kappa shape index (κ3) is 2.13. The van der Waals surface area contributed by atoms with Gasteiger partial charge in [0.15, 0.2) is 5.82 Å². The van der Waals surface area contributed by atoms with E-state index in [1.54, 1.807) is 18.4 Å². The molecular weight excluding hydrogens is 250 g/mol. The fourth-order valence-corrected chi connectivity index (χ4v) is 3.42. The molecule has 1 saturated heterocycles. The summed E-state index contributed by atoms with van der Waals surface area (Å²) in [4.78, 5) is 0.864. The Morgan fingerprint density at radius 3 is 3.17 bits per heavy atom.